The molecule has 1 aromatic carbocycles. The van der Waals surface area contributed by atoms with Gasteiger partial charge in [0.2, 0.25) is 4.87 Å². The minimum atomic E-state index is -1.63. The number of hydrogen-bond acceptors (Lipinski definition) is 3. The molecule has 0 saturated heterocycles. The molecule has 0 heterocycles. The van der Waals surface area contributed by atoms with E-state index in [4.69, 9.17) is 27.9 Å². The molecule has 132 valence electrons. The molecule has 0 radical (unpaired) electrons. The molecule has 5 aliphatic carbocycles. The minimum absolute atomic E-state index is 0.161. The number of Topliss-reactive ketones (excluding diaryl/α,β-unsaturated/α-hetero) is 1. The molecule has 25 heavy (non-hydrogen) atoms. The average Bonchev–Trinajstić information content (AvgIpc) is 2.77. The number of benzene rings is 1. The lowest BCUT2D eigenvalue weighted by Crippen LogP contribution is -2.55. The van der Waals surface area contributed by atoms with Gasteiger partial charge in [0, 0.05) is 17.0 Å². The SMILES string of the molecule is O=C(OC12CC3CC(CC(C3)C1)C2)C1(Cl)Cc2cc(Cl)ccc2C1=O. The predicted molar refractivity (Wildman–Crippen MR) is 95.1 cm³/mol. The second-order valence-electron chi connectivity index (χ2n) is 8.60. The molecular formula is C20H20Cl2O3. The van der Waals surface area contributed by atoms with Gasteiger partial charge in [0.1, 0.15) is 5.60 Å². The Labute approximate surface area is 157 Å². The number of halogens is 2. The highest BCUT2D eigenvalue weighted by molar-refractivity contribution is 6.49. The van der Waals surface area contributed by atoms with Crippen LogP contribution in [0.3, 0.4) is 0 Å². The van der Waals surface area contributed by atoms with Gasteiger partial charge in [-0.15, -0.1) is 0 Å². The Morgan fingerprint density at radius 3 is 2.28 bits per heavy atom. The third kappa shape index (κ3) is 2.39. The van der Waals surface area contributed by atoms with Gasteiger partial charge in [0.15, 0.2) is 5.78 Å². The molecular weight excluding hydrogens is 359 g/mol. The first-order chi connectivity index (χ1) is 11.9. The van der Waals surface area contributed by atoms with Crippen molar-refractivity contribution >= 4 is 35.0 Å². The van der Waals surface area contributed by atoms with E-state index in [-0.39, 0.29) is 17.8 Å². The van der Waals surface area contributed by atoms with Crippen LogP contribution in [-0.4, -0.2) is 22.2 Å². The fourth-order valence-electron chi connectivity index (χ4n) is 6.08. The van der Waals surface area contributed by atoms with Gasteiger partial charge in [0.25, 0.3) is 0 Å². The Morgan fingerprint density at radius 1 is 1.08 bits per heavy atom. The number of ether oxygens (including phenoxy) is 1. The molecule has 1 aromatic rings. The van der Waals surface area contributed by atoms with Crippen LogP contribution in [0, 0.1) is 17.8 Å². The maximum atomic E-state index is 13.0. The van der Waals surface area contributed by atoms with Gasteiger partial charge in [-0.3, -0.25) is 4.79 Å². The summed E-state index contributed by atoms with van der Waals surface area (Å²) in [4.78, 5) is 24.2. The summed E-state index contributed by atoms with van der Waals surface area (Å²) in [6.07, 6.45) is 6.78. The summed E-state index contributed by atoms with van der Waals surface area (Å²) in [6, 6.07) is 5.03. The van der Waals surface area contributed by atoms with E-state index in [1.54, 1.807) is 18.2 Å². The van der Waals surface area contributed by atoms with Gasteiger partial charge in [-0.25, -0.2) is 4.79 Å². The number of esters is 1. The topological polar surface area (TPSA) is 43.4 Å². The van der Waals surface area contributed by atoms with Crippen LogP contribution in [0.25, 0.3) is 0 Å². The van der Waals surface area contributed by atoms with Crippen molar-refractivity contribution in [2.45, 2.75) is 55.4 Å². The van der Waals surface area contributed by atoms with Crippen LogP contribution in [-0.2, 0) is 16.0 Å². The van der Waals surface area contributed by atoms with Crippen LogP contribution in [0.1, 0.15) is 54.4 Å². The normalized spacial score (nSPS) is 41.0. The molecule has 0 amide bonds. The van der Waals surface area contributed by atoms with E-state index in [1.165, 1.54) is 19.3 Å². The van der Waals surface area contributed by atoms with Crippen LogP contribution in [0.2, 0.25) is 5.02 Å². The van der Waals surface area contributed by atoms with Crippen LogP contribution in [0.4, 0.5) is 0 Å². The molecule has 1 atom stereocenters. The molecule has 5 aliphatic rings. The Bertz CT molecular complexity index is 752. The maximum absolute atomic E-state index is 13.0. The number of hydrogen-bond donors (Lipinski definition) is 0. The number of carbonyl (C=O) groups is 2. The van der Waals surface area contributed by atoms with Crippen molar-refractivity contribution in [3.63, 3.8) is 0 Å². The molecule has 4 fully saturated rings. The maximum Gasteiger partial charge on any atom is 0.336 e. The van der Waals surface area contributed by atoms with Gasteiger partial charge in [-0.05, 0) is 80.0 Å². The van der Waals surface area contributed by atoms with Gasteiger partial charge in [0.05, 0.1) is 0 Å². The fourth-order valence-corrected chi connectivity index (χ4v) is 6.56. The van der Waals surface area contributed by atoms with Crippen molar-refractivity contribution in [2.75, 3.05) is 0 Å². The van der Waals surface area contributed by atoms with Crippen LogP contribution in [0.5, 0.6) is 0 Å². The molecule has 0 aromatic heterocycles. The molecule has 4 saturated carbocycles. The van der Waals surface area contributed by atoms with E-state index in [9.17, 15) is 9.59 Å². The number of carbonyl (C=O) groups excluding carboxylic acids is 2. The zero-order chi connectivity index (χ0) is 17.4. The molecule has 0 aliphatic heterocycles. The summed E-state index contributed by atoms with van der Waals surface area (Å²) < 4.78 is 6.04. The highest BCUT2D eigenvalue weighted by Gasteiger charge is 2.57. The summed E-state index contributed by atoms with van der Waals surface area (Å²) in [5, 5.41) is 0.543. The number of fused-ring (bicyclic) bond motifs is 1. The van der Waals surface area contributed by atoms with E-state index in [0.717, 1.165) is 24.8 Å². The first-order valence-electron chi connectivity index (χ1n) is 9.12. The van der Waals surface area contributed by atoms with Gasteiger partial charge >= 0.3 is 5.97 Å². The van der Waals surface area contributed by atoms with E-state index < -0.39 is 10.8 Å². The standard InChI is InChI=1S/C20H20Cl2O3/c21-15-1-2-16-14(6-15)10-20(22,17(16)23)18(24)25-19-7-11-3-12(8-19)5-13(4-11)9-19/h1-2,6,11-13H,3-5,7-10H2. The number of ketones is 1. The number of rotatable bonds is 2. The highest BCUT2D eigenvalue weighted by Crippen LogP contribution is 2.57. The number of alkyl halides is 1. The lowest BCUT2D eigenvalue weighted by Gasteiger charge is -2.56. The first kappa shape index (κ1) is 16.1. The summed E-state index contributed by atoms with van der Waals surface area (Å²) in [6.45, 7) is 0. The van der Waals surface area contributed by atoms with E-state index in [0.29, 0.717) is 28.3 Å². The monoisotopic (exact) mass is 378 g/mol. The second kappa shape index (κ2) is 5.23. The zero-order valence-electron chi connectivity index (χ0n) is 13.9. The van der Waals surface area contributed by atoms with E-state index in [2.05, 4.69) is 0 Å². The summed E-state index contributed by atoms with van der Waals surface area (Å²) in [5.41, 5.74) is 0.831. The molecule has 4 bridgehead atoms. The van der Waals surface area contributed by atoms with E-state index >= 15 is 0 Å². The molecule has 6 rings (SSSR count). The lowest BCUT2D eigenvalue weighted by atomic mass is 9.54. The molecule has 0 N–H and O–H groups in total. The van der Waals surface area contributed by atoms with Crippen LogP contribution in [0.15, 0.2) is 18.2 Å². The molecule has 0 spiro atoms. The smallest absolute Gasteiger partial charge is 0.336 e. The van der Waals surface area contributed by atoms with E-state index in [1.807, 2.05) is 0 Å². The van der Waals surface area contributed by atoms with Gasteiger partial charge in [-0.1, -0.05) is 23.2 Å². The van der Waals surface area contributed by atoms with Gasteiger partial charge < -0.3 is 4.74 Å². The largest absolute Gasteiger partial charge is 0.457 e. The van der Waals surface area contributed by atoms with Gasteiger partial charge in [-0.2, -0.15) is 0 Å². The van der Waals surface area contributed by atoms with Crippen molar-refractivity contribution in [2.24, 2.45) is 17.8 Å². The summed E-state index contributed by atoms with van der Waals surface area (Å²) in [5.74, 6) is 1.09. The lowest BCUT2D eigenvalue weighted by molar-refractivity contribution is -0.188. The third-order valence-corrected chi connectivity index (χ3v) is 7.42. The predicted octanol–water partition coefficient (Wildman–Crippen LogP) is 4.57. The Hall–Kier alpha value is -1.06. The zero-order valence-corrected chi connectivity index (χ0v) is 15.4. The van der Waals surface area contributed by atoms with Crippen molar-refractivity contribution in [1.29, 1.82) is 0 Å². The van der Waals surface area contributed by atoms with Crippen molar-refractivity contribution in [3.05, 3.63) is 34.3 Å². The molecule has 3 nitrogen and oxygen atoms in total. The summed E-state index contributed by atoms with van der Waals surface area (Å²) >= 11 is 12.6. The highest BCUT2D eigenvalue weighted by atomic mass is 35.5. The van der Waals surface area contributed by atoms with Crippen molar-refractivity contribution < 1.29 is 14.3 Å². The van der Waals surface area contributed by atoms with Crippen molar-refractivity contribution in [1.82, 2.24) is 0 Å². The van der Waals surface area contributed by atoms with Crippen LogP contribution < -0.4 is 0 Å². The molecule has 5 heteroatoms. The summed E-state index contributed by atoms with van der Waals surface area (Å²) in [7, 11) is 0. The fraction of sp³-hybridized carbons (Fsp3) is 0.600. The van der Waals surface area contributed by atoms with Crippen molar-refractivity contribution in [3.8, 4) is 0 Å². The average molecular weight is 379 g/mol. The quantitative estimate of drug-likeness (QED) is 0.430. The Kier molecular flexibility index (Phi) is 3.38. The third-order valence-electron chi connectivity index (χ3n) is 6.72. The first-order valence-corrected chi connectivity index (χ1v) is 9.88. The minimum Gasteiger partial charge on any atom is -0.457 e. The molecule has 1 unspecified atom stereocenters. The second-order valence-corrected chi connectivity index (χ2v) is 9.68. The van der Waals surface area contributed by atoms with Crippen LogP contribution >= 0.6 is 23.2 Å². The Morgan fingerprint density at radius 2 is 1.68 bits per heavy atom. The Balaban J connectivity index is 1.41.